The van der Waals surface area contributed by atoms with Crippen LogP contribution in [0.1, 0.15) is 13.8 Å². The summed E-state index contributed by atoms with van der Waals surface area (Å²) in [5, 5.41) is 14.5. The van der Waals surface area contributed by atoms with Crippen LogP contribution in [-0.4, -0.2) is 39.6 Å². The SMILES string of the molecule is C/C=C/n1nnn(COCn2nnn(/C=C/C)c2=O)c1=O. The fourth-order valence-electron chi connectivity index (χ4n) is 1.42. The van der Waals surface area contributed by atoms with E-state index in [1.807, 2.05) is 0 Å². The Morgan fingerprint density at radius 3 is 1.67 bits per heavy atom. The van der Waals surface area contributed by atoms with Gasteiger partial charge in [-0.2, -0.15) is 18.7 Å². The van der Waals surface area contributed by atoms with Crippen molar-refractivity contribution in [3.05, 3.63) is 33.1 Å². The zero-order valence-corrected chi connectivity index (χ0v) is 11.5. The first kappa shape index (κ1) is 14.6. The summed E-state index contributed by atoms with van der Waals surface area (Å²) in [4.78, 5) is 23.4. The topological polar surface area (TPSA) is 115 Å². The number of aromatic nitrogens is 8. The van der Waals surface area contributed by atoms with E-state index in [0.717, 1.165) is 18.7 Å². The Labute approximate surface area is 118 Å². The molecule has 11 heteroatoms. The van der Waals surface area contributed by atoms with Crippen molar-refractivity contribution in [1.29, 1.82) is 0 Å². The van der Waals surface area contributed by atoms with Crippen LogP contribution in [0.2, 0.25) is 0 Å². The first-order chi connectivity index (χ1) is 10.2. The van der Waals surface area contributed by atoms with E-state index in [4.69, 9.17) is 4.74 Å². The first-order valence-corrected chi connectivity index (χ1v) is 6.05. The first-order valence-electron chi connectivity index (χ1n) is 6.05. The van der Waals surface area contributed by atoms with Crippen LogP contribution in [0.3, 0.4) is 0 Å². The molecule has 0 fully saturated rings. The van der Waals surface area contributed by atoms with Crippen molar-refractivity contribution in [2.75, 3.05) is 0 Å². The molecule has 0 aliphatic heterocycles. The van der Waals surface area contributed by atoms with Crippen molar-refractivity contribution in [3.63, 3.8) is 0 Å². The van der Waals surface area contributed by atoms with Crippen molar-refractivity contribution in [3.8, 4) is 0 Å². The van der Waals surface area contributed by atoms with Gasteiger partial charge in [0.15, 0.2) is 0 Å². The molecule has 0 aromatic carbocycles. The third kappa shape index (κ3) is 3.20. The highest BCUT2D eigenvalue weighted by Crippen LogP contribution is 1.84. The minimum atomic E-state index is -0.446. The van der Waals surface area contributed by atoms with Crippen LogP contribution < -0.4 is 11.4 Å². The highest BCUT2D eigenvalue weighted by molar-refractivity contribution is 5.16. The zero-order valence-electron chi connectivity index (χ0n) is 11.5. The standard InChI is InChI=1S/C10H14N8O3/c1-3-5-15-9(19)17(13-11-15)7-21-8-18-10(20)16(6-4-2)12-14-18/h3-6H,7-8H2,1-2H3/b5-3+,6-4+. The van der Waals surface area contributed by atoms with Crippen LogP contribution >= 0.6 is 0 Å². The third-order valence-corrected chi connectivity index (χ3v) is 2.33. The average Bonchev–Trinajstić information content (AvgIpc) is 2.99. The van der Waals surface area contributed by atoms with Gasteiger partial charge in [0.1, 0.15) is 13.5 Å². The summed E-state index contributed by atoms with van der Waals surface area (Å²) in [5.41, 5.74) is -0.893. The number of hydrogen-bond donors (Lipinski definition) is 0. The number of rotatable bonds is 6. The number of allylic oxidation sites excluding steroid dienone is 2. The van der Waals surface area contributed by atoms with Crippen molar-refractivity contribution >= 4 is 12.4 Å². The zero-order chi connectivity index (χ0) is 15.2. The van der Waals surface area contributed by atoms with Gasteiger partial charge in [-0.05, 0) is 34.7 Å². The van der Waals surface area contributed by atoms with Crippen LogP contribution in [0.15, 0.2) is 21.7 Å². The van der Waals surface area contributed by atoms with Crippen molar-refractivity contribution in [1.82, 2.24) is 39.6 Å². The summed E-state index contributed by atoms with van der Waals surface area (Å²) >= 11 is 0. The molecule has 0 atom stereocenters. The molecule has 0 saturated carbocycles. The van der Waals surface area contributed by atoms with Gasteiger partial charge < -0.3 is 4.74 Å². The molecule has 2 rings (SSSR count). The van der Waals surface area contributed by atoms with Gasteiger partial charge in [0.2, 0.25) is 0 Å². The second-order valence-electron chi connectivity index (χ2n) is 3.84. The normalized spacial score (nSPS) is 11.9. The molecular weight excluding hydrogens is 280 g/mol. The molecule has 2 heterocycles. The Bertz CT molecular complexity index is 698. The molecular formula is C10H14N8O3. The predicted octanol–water partition coefficient (Wildman–Crippen LogP) is -1.19. The van der Waals surface area contributed by atoms with Gasteiger partial charge >= 0.3 is 11.4 Å². The Kier molecular flexibility index (Phi) is 4.56. The van der Waals surface area contributed by atoms with E-state index < -0.39 is 11.4 Å². The van der Waals surface area contributed by atoms with Gasteiger partial charge in [0, 0.05) is 12.4 Å². The summed E-state index contributed by atoms with van der Waals surface area (Å²) in [6, 6.07) is 0. The van der Waals surface area contributed by atoms with E-state index >= 15 is 0 Å². The van der Waals surface area contributed by atoms with Gasteiger partial charge in [-0.25, -0.2) is 9.59 Å². The lowest BCUT2D eigenvalue weighted by Crippen LogP contribution is -2.27. The second-order valence-corrected chi connectivity index (χ2v) is 3.84. The molecule has 21 heavy (non-hydrogen) atoms. The van der Waals surface area contributed by atoms with Gasteiger partial charge in [0.05, 0.1) is 0 Å². The van der Waals surface area contributed by atoms with E-state index in [1.165, 1.54) is 12.4 Å². The van der Waals surface area contributed by atoms with E-state index in [2.05, 4.69) is 20.9 Å². The monoisotopic (exact) mass is 294 g/mol. The summed E-state index contributed by atoms with van der Waals surface area (Å²) in [7, 11) is 0. The van der Waals surface area contributed by atoms with Crippen molar-refractivity contribution in [2.24, 2.45) is 0 Å². The number of tetrazole rings is 2. The molecule has 0 aliphatic rings. The lowest BCUT2D eigenvalue weighted by Gasteiger charge is -2.00. The quantitative estimate of drug-likeness (QED) is 0.657. The highest BCUT2D eigenvalue weighted by atomic mass is 16.5. The minimum Gasteiger partial charge on any atom is -0.336 e. The van der Waals surface area contributed by atoms with E-state index in [-0.39, 0.29) is 13.5 Å². The van der Waals surface area contributed by atoms with Crippen LogP contribution in [0, 0.1) is 0 Å². The van der Waals surface area contributed by atoms with E-state index in [0.29, 0.717) is 0 Å². The summed E-state index contributed by atoms with van der Waals surface area (Å²) < 4.78 is 9.36. The number of ether oxygens (including phenoxy) is 1. The molecule has 0 radical (unpaired) electrons. The van der Waals surface area contributed by atoms with E-state index in [1.54, 1.807) is 26.0 Å². The maximum atomic E-state index is 11.7. The summed E-state index contributed by atoms with van der Waals surface area (Å²) in [6.45, 7) is 3.20. The van der Waals surface area contributed by atoms with Crippen LogP contribution in [0.25, 0.3) is 12.4 Å². The molecule has 0 N–H and O–H groups in total. The number of nitrogens with zero attached hydrogens (tertiary/aromatic N) is 8. The molecule has 0 amide bonds. The molecule has 0 bridgehead atoms. The fourth-order valence-corrected chi connectivity index (χ4v) is 1.42. The molecule has 0 saturated heterocycles. The molecule has 0 unspecified atom stereocenters. The maximum Gasteiger partial charge on any atom is 0.370 e. The largest absolute Gasteiger partial charge is 0.370 e. The Hall–Kier alpha value is -2.82. The lowest BCUT2D eigenvalue weighted by atomic mass is 10.7. The molecule has 112 valence electrons. The Balaban J connectivity index is 1.99. The summed E-state index contributed by atoms with van der Waals surface area (Å²) in [6.07, 6.45) is 6.25. The predicted molar refractivity (Wildman–Crippen MR) is 71.7 cm³/mol. The van der Waals surface area contributed by atoms with Gasteiger partial charge in [0.25, 0.3) is 0 Å². The Morgan fingerprint density at radius 2 is 1.29 bits per heavy atom. The maximum absolute atomic E-state index is 11.7. The van der Waals surface area contributed by atoms with Gasteiger partial charge in [-0.3, -0.25) is 0 Å². The number of hydrogen-bond acceptors (Lipinski definition) is 7. The molecule has 0 aliphatic carbocycles. The second kappa shape index (κ2) is 6.56. The summed E-state index contributed by atoms with van der Waals surface area (Å²) in [5.74, 6) is 0. The third-order valence-electron chi connectivity index (χ3n) is 2.33. The smallest absolute Gasteiger partial charge is 0.336 e. The Morgan fingerprint density at radius 1 is 0.857 bits per heavy atom. The average molecular weight is 294 g/mol. The van der Waals surface area contributed by atoms with E-state index in [9.17, 15) is 9.59 Å². The van der Waals surface area contributed by atoms with Crippen molar-refractivity contribution in [2.45, 2.75) is 27.3 Å². The molecule has 0 spiro atoms. The molecule has 2 aromatic heterocycles. The molecule has 11 nitrogen and oxygen atoms in total. The highest BCUT2D eigenvalue weighted by Gasteiger charge is 2.07. The van der Waals surface area contributed by atoms with Gasteiger partial charge in [-0.1, -0.05) is 12.2 Å². The fraction of sp³-hybridized carbons (Fsp3) is 0.400. The lowest BCUT2D eigenvalue weighted by molar-refractivity contribution is 0.00938. The van der Waals surface area contributed by atoms with Crippen LogP contribution in [0.5, 0.6) is 0 Å². The molecule has 2 aromatic rings. The van der Waals surface area contributed by atoms with Crippen LogP contribution in [-0.2, 0) is 18.2 Å². The van der Waals surface area contributed by atoms with Crippen LogP contribution in [0.4, 0.5) is 0 Å². The minimum absolute atomic E-state index is 0.153. The van der Waals surface area contributed by atoms with Gasteiger partial charge in [-0.15, -0.1) is 0 Å². The van der Waals surface area contributed by atoms with Crippen molar-refractivity contribution < 1.29 is 4.74 Å².